The van der Waals surface area contributed by atoms with Crippen molar-refractivity contribution in [3.05, 3.63) is 0 Å². The van der Waals surface area contributed by atoms with Gasteiger partial charge in [0.1, 0.15) is 0 Å². The van der Waals surface area contributed by atoms with Crippen LogP contribution in [0.25, 0.3) is 0 Å². The van der Waals surface area contributed by atoms with Gasteiger partial charge in [0.15, 0.2) is 0 Å². The smallest absolute Gasteiger partial charge is 0.0623 e. The van der Waals surface area contributed by atoms with Crippen molar-refractivity contribution in [2.75, 3.05) is 13.2 Å². The van der Waals surface area contributed by atoms with Gasteiger partial charge in [-0.25, -0.2) is 0 Å². The number of ether oxygens (including phenoxy) is 1. The van der Waals surface area contributed by atoms with Gasteiger partial charge in [0.05, 0.1) is 12.7 Å². The topological polar surface area (TPSA) is 21.3 Å². The molecule has 2 rings (SSSR count). The Labute approximate surface area is 93.8 Å². The minimum absolute atomic E-state index is 0.533. The molecule has 3 atom stereocenters. The van der Waals surface area contributed by atoms with Crippen molar-refractivity contribution in [1.29, 1.82) is 0 Å². The van der Waals surface area contributed by atoms with Gasteiger partial charge < -0.3 is 10.1 Å². The van der Waals surface area contributed by atoms with E-state index in [1.807, 2.05) is 0 Å². The average molecular weight is 211 g/mol. The highest BCUT2D eigenvalue weighted by Gasteiger charge is 2.25. The van der Waals surface area contributed by atoms with Crippen molar-refractivity contribution in [2.24, 2.45) is 11.8 Å². The Kier molecular flexibility index (Phi) is 4.04. The van der Waals surface area contributed by atoms with E-state index >= 15 is 0 Å². The molecule has 1 heterocycles. The second kappa shape index (κ2) is 5.31. The van der Waals surface area contributed by atoms with Crippen LogP contribution >= 0.6 is 0 Å². The third-order valence-electron chi connectivity index (χ3n) is 3.83. The summed E-state index contributed by atoms with van der Waals surface area (Å²) in [7, 11) is 0. The summed E-state index contributed by atoms with van der Waals surface area (Å²) in [6, 6.07) is 0.637. The van der Waals surface area contributed by atoms with E-state index in [-0.39, 0.29) is 0 Å². The van der Waals surface area contributed by atoms with Crippen molar-refractivity contribution in [2.45, 2.75) is 58.1 Å². The van der Waals surface area contributed by atoms with Crippen LogP contribution < -0.4 is 5.32 Å². The molecule has 0 bridgehead atoms. The monoisotopic (exact) mass is 211 g/mol. The van der Waals surface area contributed by atoms with Gasteiger partial charge in [0.2, 0.25) is 0 Å². The van der Waals surface area contributed by atoms with Crippen molar-refractivity contribution in [3.63, 3.8) is 0 Å². The molecule has 0 aromatic heterocycles. The molecule has 1 N–H and O–H groups in total. The molecule has 2 fully saturated rings. The fraction of sp³-hybridized carbons (Fsp3) is 1.00. The summed E-state index contributed by atoms with van der Waals surface area (Å²) in [6.07, 6.45) is 7.10. The standard InChI is InChI=1S/C13H25NO/c1-10-6-11(2)8-13(7-10)15-9-12-4-3-5-14-12/h10-14H,3-9H2,1-2H3/t10?,11?,12-,13?/m0/s1. The SMILES string of the molecule is CC1CC(C)CC(OC[C@@H]2CCCN2)C1. The zero-order valence-electron chi connectivity index (χ0n) is 10.2. The zero-order chi connectivity index (χ0) is 10.7. The molecule has 1 saturated carbocycles. The Balaban J connectivity index is 1.69. The molecule has 0 aromatic carbocycles. The van der Waals surface area contributed by atoms with Gasteiger partial charge in [-0.3, -0.25) is 0 Å². The minimum Gasteiger partial charge on any atom is -0.377 e. The number of hydrogen-bond acceptors (Lipinski definition) is 2. The van der Waals surface area contributed by atoms with Crippen LogP contribution in [-0.2, 0) is 4.74 Å². The van der Waals surface area contributed by atoms with Crippen LogP contribution in [0.2, 0.25) is 0 Å². The quantitative estimate of drug-likeness (QED) is 0.774. The van der Waals surface area contributed by atoms with Crippen molar-refractivity contribution in [1.82, 2.24) is 5.32 Å². The lowest BCUT2D eigenvalue weighted by molar-refractivity contribution is -0.00694. The summed E-state index contributed by atoms with van der Waals surface area (Å²) in [6.45, 7) is 6.84. The molecule has 15 heavy (non-hydrogen) atoms. The molecular formula is C13H25NO. The lowest BCUT2D eigenvalue weighted by Gasteiger charge is -2.32. The first kappa shape index (κ1) is 11.4. The molecule has 88 valence electrons. The van der Waals surface area contributed by atoms with Crippen LogP contribution in [0.5, 0.6) is 0 Å². The molecule has 2 heteroatoms. The van der Waals surface area contributed by atoms with Gasteiger partial charge in [-0.1, -0.05) is 13.8 Å². The molecule has 0 amide bonds. The summed E-state index contributed by atoms with van der Waals surface area (Å²) in [5.74, 6) is 1.71. The number of nitrogens with one attached hydrogen (secondary N) is 1. The summed E-state index contributed by atoms with van der Waals surface area (Å²) in [4.78, 5) is 0. The molecule has 2 nitrogen and oxygen atoms in total. The van der Waals surface area contributed by atoms with E-state index in [0.29, 0.717) is 12.1 Å². The van der Waals surface area contributed by atoms with Gasteiger partial charge in [-0.15, -0.1) is 0 Å². The molecule has 2 aliphatic rings. The molecule has 0 spiro atoms. The summed E-state index contributed by atoms with van der Waals surface area (Å²) in [5.41, 5.74) is 0. The van der Waals surface area contributed by atoms with E-state index < -0.39 is 0 Å². The Morgan fingerprint density at radius 3 is 2.47 bits per heavy atom. The van der Waals surface area contributed by atoms with Gasteiger partial charge in [-0.05, 0) is 50.5 Å². The first-order valence-corrected chi connectivity index (χ1v) is 6.59. The van der Waals surface area contributed by atoms with E-state index in [4.69, 9.17) is 4.74 Å². The molecule has 1 aliphatic carbocycles. The van der Waals surface area contributed by atoms with Crippen molar-refractivity contribution >= 4 is 0 Å². The highest BCUT2D eigenvalue weighted by Crippen LogP contribution is 2.30. The lowest BCUT2D eigenvalue weighted by atomic mass is 9.82. The van der Waals surface area contributed by atoms with Gasteiger partial charge in [-0.2, -0.15) is 0 Å². The number of rotatable bonds is 3. The van der Waals surface area contributed by atoms with Crippen LogP contribution in [0.15, 0.2) is 0 Å². The summed E-state index contributed by atoms with van der Waals surface area (Å²) < 4.78 is 6.05. The lowest BCUT2D eigenvalue weighted by Crippen LogP contribution is -2.32. The second-order valence-corrected chi connectivity index (χ2v) is 5.67. The van der Waals surface area contributed by atoms with Crippen molar-refractivity contribution < 1.29 is 4.74 Å². The zero-order valence-corrected chi connectivity index (χ0v) is 10.2. The van der Waals surface area contributed by atoms with Crippen LogP contribution in [0.1, 0.15) is 46.0 Å². The Morgan fingerprint density at radius 2 is 1.87 bits per heavy atom. The minimum atomic E-state index is 0.533. The summed E-state index contributed by atoms with van der Waals surface area (Å²) >= 11 is 0. The maximum absolute atomic E-state index is 6.05. The molecule has 0 radical (unpaired) electrons. The maximum Gasteiger partial charge on any atom is 0.0623 e. The first-order valence-electron chi connectivity index (χ1n) is 6.59. The van der Waals surface area contributed by atoms with Crippen LogP contribution in [-0.4, -0.2) is 25.3 Å². The molecular weight excluding hydrogens is 186 g/mol. The van der Waals surface area contributed by atoms with E-state index in [1.54, 1.807) is 0 Å². The molecule has 1 aliphatic heterocycles. The summed E-state index contributed by atoms with van der Waals surface area (Å²) in [5, 5.41) is 3.49. The second-order valence-electron chi connectivity index (χ2n) is 5.67. The molecule has 2 unspecified atom stereocenters. The fourth-order valence-corrected chi connectivity index (χ4v) is 3.16. The fourth-order valence-electron chi connectivity index (χ4n) is 3.16. The Morgan fingerprint density at radius 1 is 1.13 bits per heavy atom. The highest BCUT2D eigenvalue weighted by molar-refractivity contribution is 4.78. The van der Waals surface area contributed by atoms with E-state index in [9.17, 15) is 0 Å². The van der Waals surface area contributed by atoms with E-state index in [2.05, 4.69) is 19.2 Å². The predicted molar refractivity (Wildman–Crippen MR) is 62.9 cm³/mol. The third-order valence-corrected chi connectivity index (χ3v) is 3.83. The third kappa shape index (κ3) is 3.46. The predicted octanol–water partition coefficient (Wildman–Crippen LogP) is 2.58. The Bertz CT molecular complexity index is 179. The van der Waals surface area contributed by atoms with Crippen LogP contribution in [0, 0.1) is 11.8 Å². The normalized spacial score (nSPS) is 42.0. The first-order chi connectivity index (χ1) is 7.24. The largest absolute Gasteiger partial charge is 0.377 e. The van der Waals surface area contributed by atoms with Crippen LogP contribution in [0.3, 0.4) is 0 Å². The average Bonchev–Trinajstić information content (AvgIpc) is 2.65. The van der Waals surface area contributed by atoms with E-state index in [0.717, 1.165) is 18.4 Å². The maximum atomic E-state index is 6.05. The molecule has 1 saturated heterocycles. The van der Waals surface area contributed by atoms with Gasteiger partial charge in [0, 0.05) is 6.04 Å². The van der Waals surface area contributed by atoms with E-state index in [1.165, 1.54) is 38.6 Å². The van der Waals surface area contributed by atoms with Gasteiger partial charge in [0.25, 0.3) is 0 Å². The number of hydrogen-bond donors (Lipinski definition) is 1. The van der Waals surface area contributed by atoms with Gasteiger partial charge >= 0.3 is 0 Å². The highest BCUT2D eigenvalue weighted by atomic mass is 16.5. The van der Waals surface area contributed by atoms with Crippen molar-refractivity contribution in [3.8, 4) is 0 Å². The molecule has 0 aromatic rings. The Hall–Kier alpha value is -0.0800. The van der Waals surface area contributed by atoms with Crippen LogP contribution in [0.4, 0.5) is 0 Å².